The first-order valence-corrected chi connectivity index (χ1v) is 7.74. The molecule has 1 saturated carbocycles. The Balaban J connectivity index is 2.03. The third-order valence-electron chi connectivity index (χ3n) is 4.62. The maximum Gasteiger partial charge on any atom is 0.251 e. The first-order valence-electron chi connectivity index (χ1n) is 7.74. The van der Waals surface area contributed by atoms with E-state index in [1.165, 1.54) is 12.8 Å². The zero-order valence-corrected chi connectivity index (χ0v) is 12.7. The maximum absolute atomic E-state index is 12.1. The second kappa shape index (κ2) is 5.47. The van der Waals surface area contributed by atoms with E-state index in [1.54, 1.807) is 6.07 Å². The number of benzene rings is 1. The van der Waals surface area contributed by atoms with Crippen molar-refractivity contribution in [3.63, 3.8) is 0 Å². The predicted octanol–water partition coefficient (Wildman–Crippen LogP) is 3.75. The van der Waals surface area contributed by atoms with Gasteiger partial charge in [0, 0.05) is 17.4 Å². The van der Waals surface area contributed by atoms with Crippen LogP contribution in [0, 0.1) is 0 Å². The molecule has 2 aromatic rings. The number of H-pyrrole nitrogens is 1. The highest BCUT2D eigenvalue weighted by Crippen LogP contribution is 2.34. The van der Waals surface area contributed by atoms with Gasteiger partial charge < -0.3 is 4.98 Å². The fourth-order valence-corrected chi connectivity index (χ4v) is 3.19. The van der Waals surface area contributed by atoms with Crippen molar-refractivity contribution in [3.8, 4) is 0 Å². The largest absolute Gasteiger partial charge is 0.310 e. The fraction of sp³-hybridized carbons (Fsp3) is 0.444. The Morgan fingerprint density at radius 2 is 1.81 bits per heavy atom. The van der Waals surface area contributed by atoms with Gasteiger partial charge in [-0.2, -0.15) is 0 Å². The van der Waals surface area contributed by atoms with Crippen molar-refractivity contribution in [3.05, 3.63) is 63.8 Å². The monoisotopic (exact) mass is 282 g/mol. The summed E-state index contributed by atoms with van der Waals surface area (Å²) in [5, 5.41) is 0. The summed E-state index contributed by atoms with van der Waals surface area (Å²) in [5.74, 6) is 1.22. The summed E-state index contributed by atoms with van der Waals surface area (Å²) >= 11 is 0. The van der Waals surface area contributed by atoms with Gasteiger partial charge in [0.25, 0.3) is 5.56 Å². The van der Waals surface area contributed by atoms with E-state index < -0.39 is 0 Å². The topological polar surface area (TPSA) is 45.8 Å². The summed E-state index contributed by atoms with van der Waals surface area (Å²) in [5.41, 5.74) is 1.80. The van der Waals surface area contributed by atoms with Crippen LogP contribution in [0.4, 0.5) is 0 Å². The van der Waals surface area contributed by atoms with Crippen LogP contribution >= 0.6 is 0 Å². The van der Waals surface area contributed by atoms with E-state index in [0.717, 1.165) is 29.9 Å². The highest BCUT2D eigenvalue weighted by atomic mass is 16.1. The summed E-state index contributed by atoms with van der Waals surface area (Å²) in [7, 11) is 0. The van der Waals surface area contributed by atoms with Gasteiger partial charge in [-0.05, 0) is 32.3 Å². The molecular weight excluding hydrogens is 260 g/mol. The first kappa shape index (κ1) is 14.1. The zero-order chi connectivity index (χ0) is 14.9. The molecule has 0 amide bonds. The Hall–Kier alpha value is -1.90. The Morgan fingerprint density at radius 3 is 2.48 bits per heavy atom. The van der Waals surface area contributed by atoms with E-state index in [4.69, 9.17) is 4.98 Å². The Bertz CT molecular complexity index is 667. The molecule has 21 heavy (non-hydrogen) atoms. The number of hydrogen-bond acceptors (Lipinski definition) is 2. The normalized spacial score (nSPS) is 16.3. The van der Waals surface area contributed by atoms with Crippen LogP contribution in [-0.4, -0.2) is 9.97 Å². The lowest BCUT2D eigenvalue weighted by Gasteiger charge is -2.25. The van der Waals surface area contributed by atoms with Gasteiger partial charge in [-0.3, -0.25) is 4.79 Å². The molecule has 1 aromatic carbocycles. The molecule has 1 aliphatic rings. The molecule has 1 aromatic heterocycles. The third-order valence-corrected chi connectivity index (χ3v) is 4.62. The van der Waals surface area contributed by atoms with Crippen LogP contribution in [0.15, 0.2) is 41.2 Å². The van der Waals surface area contributed by atoms with Crippen LogP contribution in [0.25, 0.3) is 0 Å². The quantitative estimate of drug-likeness (QED) is 0.931. The molecule has 1 N–H and O–H groups in total. The van der Waals surface area contributed by atoms with Crippen molar-refractivity contribution < 1.29 is 0 Å². The molecule has 0 aliphatic heterocycles. The number of hydrogen-bond donors (Lipinski definition) is 1. The fourth-order valence-electron chi connectivity index (χ4n) is 3.19. The van der Waals surface area contributed by atoms with Gasteiger partial charge in [0.15, 0.2) is 0 Å². The highest BCUT2D eigenvalue weighted by Gasteiger charge is 2.28. The number of nitrogens with zero attached hydrogens (tertiary/aromatic N) is 1. The molecule has 0 unspecified atom stereocenters. The molecule has 0 bridgehead atoms. The van der Waals surface area contributed by atoms with E-state index in [2.05, 4.69) is 31.0 Å². The molecule has 3 rings (SSSR count). The Morgan fingerprint density at radius 1 is 1.14 bits per heavy atom. The second-order valence-electron chi connectivity index (χ2n) is 6.49. The second-order valence-corrected chi connectivity index (χ2v) is 6.49. The van der Waals surface area contributed by atoms with Crippen molar-refractivity contribution >= 4 is 0 Å². The highest BCUT2D eigenvalue weighted by molar-refractivity contribution is 5.31. The standard InChI is InChI=1S/C18H22N2O/c1-18(2,14-10-4-3-5-11-14)17-19-15(12-16(21)20-17)13-8-6-7-9-13/h3-5,10-13H,6-9H2,1-2H3,(H,19,20,21). The number of aromatic nitrogens is 2. The molecule has 1 aliphatic carbocycles. The van der Waals surface area contributed by atoms with Crippen LogP contribution in [0.3, 0.4) is 0 Å². The smallest absolute Gasteiger partial charge is 0.251 e. The minimum absolute atomic E-state index is 0.0362. The molecule has 1 heterocycles. The molecule has 110 valence electrons. The minimum atomic E-state index is -0.297. The van der Waals surface area contributed by atoms with E-state index in [9.17, 15) is 4.79 Å². The van der Waals surface area contributed by atoms with Crippen LogP contribution in [-0.2, 0) is 5.41 Å². The van der Waals surface area contributed by atoms with Crippen molar-refractivity contribution in [2.75, 3.05) is 0 Å². The average Bonchev–Trinajstić information content (AvgIpc) is 3.02. The molecule has 0 radical (unpaired) electrons. The van der Waals surface area contributed by atoms with Gasteiger partial charge in [0.1, 0.15) is 5.82 Å². The lowest BCUT2D eigenvalue weighted by atomic mass is 9.83. The maximum atomic E-state index is 12.1. The SMILES string of the molecule is CC(C)(c1ccccc1)c1nc(C2CCCC2)cc(=O)[nH]1. The predicted molar refractivity (Wildman–Crippen MR) is 84.6 cm³/mol. The first-order chi connectivity index (χ1) is 10.1. The van der Waals surface area contributed by atoms with Crippen molar-refractivity contribution in [2.24, 2.45) is 0 Å². The van der Waals surface area contributed by atoms with Crippen LogP contribution in [0.2, 0.25) is 0 Å². The zero-order valence-electron chi connectivity index (χ0n) is 12.7. The molecule has 1 fully saturated rings. The molecule has 3 nitrogen and oxygen atoms in total. The van der Waals surface area contributed by atoms with Gasteiger partial charge in [0.05, 0.1) is 5.69 Å². The van der Waals surface area contributed by atoms with E-state index in [0.29, 0.717) is 5.92 Å². The van der Waals surface area contributed by atoms with Gasteiger partial charge in [-0.1, -0.05) is 43.2 Å². The van der Waals surface area contributed by atoms with Crippen LogP contribution in [0.5, 0.6) is 0 Å². The van der Waals surface area contributed by atoms with E-state index >= 15 is 0 Å². The Kier molecular flexibility index (Phi) is 3.66. The lowest BCUT2D eigenvalue weighted by Crippen LogP contribution is -2.27. The van der Waals surface area contributed by atoms with Crippen molar-refractivity contribution in [1.82, 2.24) is 9.97 Å². The summed E-state index contributed by atoms with van der Waals surface area (Å²) in [4.78, 5) is 19.8. The molecular formula is C18H22N2O. The summed E-state index contributed by atoms with van der Waals surface area (Å²) in [6.07, 6.45) is 4.80. The van der Waals surface area contributed by atoms with Crippen LogP contribution < -0.4 is 5.56 Å². The molecule has 0 atom stereocenters. The van der Waals surface area contributed by atoms with Crippen LogP contribution in [0.1, 0.15) is 62.5 Å². The van der Waals surface area contributed by atoms with Gasteiger partial charge in [-0.15, -0.1) is 0 Å². The number of aromatic amines is 1. The summed E-state index contributed by atoms with van der Waals surface area (Å²) < 4.78 is 0. The average molecular weight is 282 g/mol. The van der Waals surface area contributed by atoms with Gasteiger partial charge in [0.2, 0.25) is 0 Å². The van der Waals surface area contributed by atoms with Gasteiger partial charge in [-0.25, -0.2) is 4.98 Å². The number of rotatable bonds is 3. The minimum Gasteiger partial charge on any atom is -0.310 e. The number of nitrogens with one attached hydrogen (secondary N) is 1. The lowest BCUT2D eigenvalue weighted by molar-refractivity contribution is 0.570. The van der Waals surface area contributed by atoms with E-state index in [-0.39, 0.29) is 11.0 Å². The molecule has 0 spiro atoms. The van der Waals surface area contributed by atoms with Gasteiger partial charge >= 0.3 is 0 Å². The molecule has 3 heteroatoms. The van der Waals surface area contributed by atoms with Crippen molar-refractivity contribution in [2.45, 2.75) is 50.9 Å². The summed E-state index contributed by atoms with van der Waals surface area (Å²) in [6, 6.07) is 11.9. The Labute approximate surface area is 125 Å². The van der Waals surface area contributed by atoms with Crippen molar-refractivity contribution in [1.29, 1.82) is 0 Å². The molecule has 0 saturated heterocycles. The third kappa shape index (κ3) is 2.78. The summed E-state index contributed by atoms with van der Waals surface area (Å²) in [6.45, 7) is 4.22. The van der Waals surface area contributed by atoms with E-state index in [1.807, 2.05) is 18.2 Å².